The molecule has 72 valence electrons. The molecule has 3 heteroatoms. The molecule has 1 rings (SSSR count). The first kappa shape index (κ1) is 9.84. The Morgan fingerprint density at radius 2 is 2.46 bits per heavy atom. The summed E-state index contributed by atoms with van der Waals surface area (Å²) in [5.74, 6) is 0.344. The third-order valence-corrected chi connectivity index (χ3v) is 1.77. The maximum Gasteiger partial charge on any atom is 0.378 e. The van der Waals surface area contributed by atoms with Crippen LogP contribution in [0.4, 0.5) is 0 Å². The Labute approximate surface area is 78.0 Å². The van der Waals surface area contributed by atoms with Gasteiger partial charge in [-0.25, -0.2) is 4.79 Å². The van der Waals surface area contributed by atoms with Gasteiger partial charge in [-0.3, -0.25) is 0 Å². The summed E-state index contributed by atoms with van der Waals surface area (Å²) in [4.78, 5) is 11.2. The molecule has 0 radical (unpaired) electrons. The normalized spacial score (nSPS) is 15.0. The summed E-state index contributed by atoms with van der Waals surface area (Å²) in [7, 11) is 0. The number of allylic oxidation sites excluding steroid dienone is 2. The van der Waals surface area contributed by atoms with Gasteiger partial charge in [0.15, 0.2) is 5.76 Å². The highest BCUT2D eigenvalue weighted by Gasteiger charge is 2.14. The van der Waals surface area contributed by atoms with Crippen LogP contribution in [0.5, 0.6) is 0 Å². The Balaban J connectivity index is 2.35. The summed E-state index contributed by atoms with van der Waals surface area (Å²) in [5.41, 5.74) is 0. The van der Waals surface area contributed by atoms with Crippen LogP contribution in [-0.4, -0.2) is 12.6 Å². The highest BCUT2D eigenvalue weighted by atomic mass is 16.6. The lowest BCUT2D eigenvalue weighted by Gasteiger charge is -2.06. The predicted octanol–water partition coefficient (Wildman–Crippen LogP) is 2.15. The molecule has 1 aliphatic rings. The van der Waals surface area contributed by atoms with E-state index in [1.165, 1.54) is 0 Å². The van der Waals surface area contributed by atoms with Crippen molar-refractivity contribution in [3.63, 3.8) is 0 Å². The van der Waals surface area contributed by atoms with Crippen molar-refractivity contribution < 1.29 is 14.3 Å². The highest BCUT2D eigenvalue weighted by Crippen LogP contribution is 2.19. The molecule has 0 heterocycles. The molecule has 0 bridgehead atoms. The van der Waals surface area contributed by atoms with Crippen molar-refractivity contribution in [3.8, 4) is 0 Å². The van der Waals surface area contributed by atoms with Crippen molar-refractivity contribution in [3.05, 3.63) is 24.2 Å². The second-order valence-corrected chi connectivity index (χ2v) is 2.81. The van der Waals surface area contributed by atoms with E-state index in [4.69, 9.17) is 9.47 Å². The SMILES string of the molecule is C=C(OCC)C(=O)OC1=CCCC1. The molecule has 0 aromatic carbocycles. The minimum atomic E-state index is -0.477. The van der Waals surface area contributed by atoms with E-state index in [9.17, 15) is 4.79 Å². The first-order chi connectivity index (χ1) is 6.24. The molecule has 0 atom stereocenters. The second-order valence-electron chi connectivity index (χ2n) is 2.81. The number of esters is 1. The van der Waals surface area contributed by atoms with Gasteiger partial charge in [-0.15, -0.1) is 0 Å². The van der Waals surface area contributed by atoms with Crippen molar-refractivity contribution in [2.45, 2.75) is 26.2 Å². The van der Waals surface area contributed by atoms with E-state index >= 15 is 0 Å². The zero-order chi connectivity index (χ0) is 9.68. The third-order valence-electron chi connectivity index (χ3n) is 1.77. The lowest BCUT2D eigenvalue weighted by molar-refractivity contribution is -0.139. The Morgan fingerprint density at radius 3 is 3.00 bits per heavy atom. The molecule has 0 aromatic heterocycles. The minimum absolute atomic E-state index is 0.0790. The molecule has 0 saturated carbocycles. The number of carbonyl (C=O) groups is 1. The summed E-state index contributed by atoms with van der Waals surface area (Å²) in [6, 6.07) is 0. The van der Waals surface area contributed by atoms with Gasteiger partial charge < -0.3 is 9.47 Å². The smallest absolute Gasteiger partial charge is 0.378 e. The molecule has 0 aliphatic heterocycles. The minimum Gasteiger partial charge on any atom is -0.487 e. The molecule has 0 spiro atoms. The Kier molecular flexibility index (Phi) is 3.55. The van der Waals surface area contributed by atoms with E-state index in [2.05, 4.69) is 6.58 Å². The van der Waals surface area contributed by atoms with Gasteiger partial charge in [-0.2, -0.15) is 0 Å². The lowest BCUT2D eigenvalue weighted by Crippen LogP contribution is -2.08. The van der Waals surface area contributed by atoms with Crippen molar-refractivity contribution in [2.24, 2.45) is 0 Å². The number of carbonyl (C=O) groups excluding carboxylic acids is 1. The zero-order valence-corrected chi connectivity index (χ0v) is 7.84. The van der Waals surface area contributed by atoms with Crippen LogP contribution in [0.25, 0.3) is 0 Å². The van der Waals surface area contributed by atoms with Crippen LogP contribution in [0.15, 0.2) is 24.2 Å². The summed E-state index contributed by atoms with van der Waals surface area (Å²) >= 11 is 0. The van der Waals surface area contributed by atoms with E-state index in [1.54, 1.807) is 6.92 Å². The van der Waals surface area contributed by atoms with Crippen LogP contribution in [0.2, 0.25) is 0 Å². The van der Waals surface area contributed by atoms with Gasteiger partial charge in [0.05, 0.1) is 6.61 Å². The van der Waals surface area contributed by atoms with E-state index in [0.29, 0.717) is 6.61 Å². The quantitative estimate of drug-likeness (QED) is 0.379. The molecule has 0 unspecified atom stereocenters. The third kappa shape index (κ3) is 2.93. The van der Waals surface area contributed by atoms with Gasteiger partial charge in [0.2, 0.25) is 0 Å². The van der Waals surface area contributed by atoms with Crippen LogP contribution in [-0.2, 0) is 14.3 Å². The Hall–Kier alpha value is -1.25. The molecule has 0 amide bonds. The fourth-order valence-electron chi connectivity index (χ4n) is 1.14. The summed E-state index contributed by atoms with van der Waals surface area (Å²) in [6.07, 6.45) is 4.82. The topological polar surface area (TPSA) is 35.5 Å². The van der Waals surface area contributed by atoms with Gasteiger partial charge in [-0.05, 0) is 32.4 Å². The summed E-state index contributed by atoms with van der Waals surface area (Å²) in [5, 5.41) is 0. The maximum atomic E-state index is 11.2. The van der Waals surface area contributed by atoms with Gasteiger partial charge in [0.1, 0.15) is 5.76 Å². The zero-order valence-electron chi connectivity index (χ0n) is 7.84. The maximum absolute atomic E-state index is 11.2. The van der Waals surface area contributed by atoms with E-state index in [-0.39, 0.29) is 5.76 Å². The number of rotatable bonds is 4. The average molecular weight is 182 g/mol. The van der Waals surface area contributed by atoms with Gasteiger partial charge in [0.25, 0.3) is 0 Å². The second kappa shape index (κ2) is 4.70. The predicted molar refractivity (Wildman–Crippen MR) is 48.8 cm³/mol. The van der Waals surface area contributed by atoms with E-state index in [0.717, 1.165) is 25.0 Å². The fraction of sp³-hybridized carbons (Fsp3) is 0.500. The molecule has 13 heavy (non-hydrogen) atoms. The Morgan fingerprint density at radius 1 is 1.69 bits per heavy atom. The van der Waals surface area contributed by atoms with Crippen molar-refractivity contribution in [2.75, 3.05) is 6.61 Å². The largest absolute Gasteiger partial charge is 0.487 e. The van der Waals surface area contributed by atoms with E-state index in [1.807, 2.05) is 6.08 Å². The number of ether oxygens (including phenoxy) is 2. The van der Waals surface area contributed by atoms with Gasteiger partial charge >= 0.3 is 5.97 Å². The monoisotopic (exact) mass is 182 g/mol. The first-order valence-corrected chi connectivity index (χ1v) is 4.47. The number of hydrogen-bond donors (Lipinski definition) is 0. The van der Waals surface area contributed by atoms with Gasteiger partial charge in [-0.1, -0.05) is 0 Å². The molecular formula is C10H14O3. The van der Waals surface area contributed by atoms with Crippen LogP contribution in [0.3, 0.4) is 0 Å². The fourth-order valence-corrected chi connectivity index (χ4v) is 1.14. The van der Waals surface area contributed by atoms with Crippen molar-refractivity contribution in [1.29, 1.82) is 0 Å². The standard InChI is InChI=1S/C10H14O3/c1-3-12-8(2)10(11)13-9-6-4-5-7-9/h6H,2-5,7H2,1H3. The van der Waals surface area contributed by atoms with Crippen molar-refractivity contribution >= 4 is 5.97 Å². The van der Waals surface area contributed by atoms with Crippen LogP contribution >= 0.6 is 0 Å². The van der Waals surface area contributed by atoms with Crippen LogP contribution < -0.4 is 0 Å². The molecule has 3 nitrogen and oxygen atoms in total. The molecular weight excluding hydrogens is 168 g/mol. The highest BCUT2D eigenvalue weighted by molar-refractivity contribution is 5.86. The summed E-state index contributed by atoms with van der Waals surface area (Å²) < 4.78 is 9.94. The van der Waals surface area contributed by atoms with E-state index < -0.39 is 5.97 Å². The molecule has 0 fully saturated rings. The molecule has 0 aromatic rings. The summed E-state index contributed by atoms with van der Waals surface area (Å²) in [6.45, 7) is 5.70. The first-order valence-electron chi connectivity index (χ1n) is 4.47. The van der Waals surface area contributed by atoms with Gasteiger partial charge in [0, 0.05) is 6.42 Å². The number of hydrogen-bond acceptors (Lipinski definition) is 3. The lowest BCUT2D eigenvalue weighted by atomic mass is 10.4. The Bertz CT molecular complexity index is 241. The van der Waals surface area contributed by atoms with Crippen molar-refractivity contribution in [1.82, 2.24) is 0 Å². The molecule has 1 aliphatic carbocycles. The van der Waals surface area contributed by atoms with Crippen LogP contribution in [0.1, 0.15) is 26.2 Å². The molecule has 0 saturated heterocycles. The van der Waals surface area contributed by atoms with Crippen LogP contribution in [0, 0.1) is 0 Å². The molecule has 0 N–H and O–H groups in total. The average Bonchev–Trinajstić information content (AvgIpc) is 2.57.